The third-order valence-corrected chi connectivity index (χ3v) is 5.70. The molecular formula is C24H17Cl2N5O. The quantitative estimate of drug-likeness (QED) is 0.397. The van der Waals surface area contributed by atoms with Gasteiger partial charge >= 0.3 is 0 Å². The number of aromatic nitrogens is 3. The summed E-state index contributed by atoms with van der Waals surface area (Å²) in [6.07, 6.45) is 2.04. The molecule has 0 fully saturated rings. The van der Waals surface area contributed by atoms with E-state index in [0.717, 1.165) is 16.8 Å². The van der Waals surface area contributed by atoms with Crippen LogP contribution in [0, 0.1) is 0 Å². The van der Waals surface area contributed by atoms with Crippen LogP contribution in [0.25, 0.3) is 5.70 Å². The van der Waals surface area contributed by atoms with Crippen LogP contribution in [0.15, 0.2) is 84.9 Å². The smallest absolute Gasteiger partial charge is 0.258 e. The lowest BCUT2D eigenvalue weighted by Gasteiger charge is -2.24. The van der Waals surface area contributed by atoms with Crippen LogP contribution in [0.3, 0.4) is 0 Å². The third-order valence-electron chi connectivity index (χ3n) is 5.11. The van der Waals surface area contributed by atoms with E-state index in [0.29, 0.717) is 21.6 Å². The van der Waals surface area contributed by atoms with Crippen molar-refractivity contribution in [2.75, 3.05) is 10.6 Å². The zero-order chi connectivity index (χ0) is 22.1. The number of anilines is 2. The lowest BCUT2D eigenvalue weighted by atomic mass is 10.0. The van der Waals surface area contributed by atoms with Crippen LogP contribution in [0.5, 0.6) is 0 Å². The molecule has 0 aliphatic carbocycles. The summed E-state index contributed by atoms with van der Waals surface area (Å²) >= 11 is 12.4. The summed E-state index contributed by atoms with van der Waals surface area (Å²) < 4.78 is 1.71. The molecule has 1 amide bonds. The average Bonchev–Trinajstić information content (AvgIpc) is 3.22. The summed E-state index contributed by atoms with van der Waals surface area (Å²) in [4.78, 5) is 17.1. The Morgan fingerprint density at radius 1 is 0.938 bits per heavy atom. The molecule has 0 radical (unpaired) electrons. The Labute approximate surface area is 194 Å². The Bertz CT molecular complexity index is 1320. The fourth-order valence-electron chi connectivity index (χ4n) is 3.54. The topological polar surface area (TPSA) is 71.8 Å². The number of rotatable bonds is 4. The van der Waals surface area contributed by atoms with Gasteiger partial charge in [-0.15, -0.1) is 5.10 Å². The van der Waals surface area contributed by atoms with Crippen LogP contribution >= 0.6 is 23.2 Å². The molecule has 8 heteroatoms. The maximum Gasteiger partial charge on any atom is 0.258 e. The van der Waals surface area contributed by atoms with Crippen LogP contribution in [-0.4, -0.2) is 20.7 Å². The van der Waals surface area contributed by atoms with Gasteiger partial charge in [0.2, 0.25) is 5.95 Å². The van der Waals surface area contributed by atoms with Crippen molar-refractivity contribution >= 4 is 46.7 Å². The van der Waals surface area contributed by atoms with Crippen LogP contribution in [0.1, 0.15) is 27.5 Å². The number of carbonyl (C=O) groups is 1. The van der Waals surface area contributed by atoms with E-state index < -0.39 is 0 Å². The zero-order valence-corrected chi connectivity index (χ0v) is 18.2. The molecule has 32 heavy (non-hydrogen) atoms. The average molecular weight is 462 g/mol. The molecular weight excluding hydrogens is 445 g/mol. The van der Waals surface area contributed by atoms with Crippen molar-refractivity contribution in [3.05, 3.63) is 112 Å². The Kier molecular flexibility index (Phi) is 5.39. The van der Waals surface area contributed by atoms with Gasteiger partial charge in [0.1, 0.15) is 6.04 Å². The molecule has 0 spiro atoms. The van der Waals surface area contributed by atoms with Crippen molar-refractivity contribution in [2.24, 2.45) is 0 Å². The van der Waals surface area contributed by atoms with Gasteiger partial charge in [-0.3, -0.25) is 10.1 Å². The minimum atomic E-state index is -0.324. The standard InChI is InChI=1S/C24H17Cl2N5O/c25-17-12-10-16(11-13-17)22(32)28-23-29-24-27-20(15-6-2-1-3-7-15)14-21(31(24)30-23)18-8-4-5-9-19(18)26/h1-14,21H,(H2,27,28,29,30,32)/t21-/m1/s1. The molecule has 5 rings (SSSR count). The van der Waals surface area contributed by atoms with Crippen molar-refractivity contribution in [2.45, 2.75) is 6.04 Å². The third kappa shape index (κ3) is 3.98. The summed E-state index contributed by atoms with van der Waals surface area (Å²) in [6, 6.07) is 23.8. The molecule has 3 aromatic carbocycles. The number of amides is 1. The SMILES string of the molecule is O=C(Nc1nc2n(n1)[C@@H](c1ccccc1Cl)C=C(c1ccccc1)N2)c1ccc(Cl)cc1. The molecule has 0 unspecified atom stereocenters. The molecule has 1 aromatic heterocycles. The van der Waals surface area contributed by atoms with Crippen molar-refractivity contribution < 1.29 is 4.79 Å². The molecule has 4 aromatic rings. The van der Waals surface area contributed by atoms with E-state index in [1.54, 1.807) is 28.9 Å². The highest BCUT2D eigenvalue weighted by atomic mass is 35.5. The number of halogens is 2. The zero-order valence-electron chi connectivity index (χ0n) is 16.7. The minimum absolute atomic E-state index is 0.187. The maximum atomic E-state index is 12.6. The van der Waals surface area contributed by atoms with E-state index in [2.05, 4.69) is 20.7 Å². The summed E-state index contributed by atoms with van der Waals surface area (Å²) in [6.45, 7) is 0. The van der Waals surface area contributed by atoms with Crippen molar-refractivity contribution in [1.29, 1.82) is 0 Å². The van der Waals surface area contributed by atoms with Crippen molar-refractivity contribution in [1.82, 2.24) is 14.8 Å². The number of allylic oxidation sites excluding steroid dienone is 1. The fourth-order valence-corrected chi connectivity index (χ4v) is 3.92. The van der Waals surface area contributed by atoms with E-state index >= 15 is 0 Å². The predicted molar refractivity (Wildman–Crippen MR) is 127 cm³/mol. The molecule has 0 saturated heterocycles. The van der Waals surface area contributed by atoms with Gasteiger partial charge in [0, 0.05) is 21.3 Å². The lowest BCUT2D eigenvalue weighted by molar-refractivity contribution is 0.102. The Morgan fingerprint density at radius 3 is 2.41 bits per heavy atom. The first-order valence-electron chi connectivity index (χ1n) is 9.90. The largest absolute Gasteiger partial charge is 0.324 e. The number of hydrogen-bond donors (Lipinski definition) is 2. The van der Waals surface area contributed by atoms with Crippen LogP contribution < -0.4 is 10.6 Å². The molecule has 2 N–H and O–H groups in total. The van der Waals surface area contributed by atoms with E-state index in [1.807, 2.05) is 60.7 Å². The fraction of sp³-hybridized carbons (Fsp3) is 0.0417. The van der Waals surface area contributed by atoms with E-state index in [9.17, 15) is 4.79 Å². The van der Waals surface area contributed by atoms with Crippen molar-refractivity contribution in [3.63, 3.8) is 0 Å². The molecule has 2 heterocycles. The summed E-state index contributed by atoms with van der Waals surface area (Å²) in [5.41, 5.74) is 3.23. The van der Waals surface area contributed by atoms with Gasteiger partial charge in [-0.25, -0.2) is 4.68 Å². The summed E-state index contributed by atoms with van der Waals surface area (Å²) in [5.74, 6) is 0.366. The number of hydrogen-bond acceptors (Lipinski definition) is 4. The first-order chi connectivity index (χ1) is 15.6. The second kappa shape index (κ2) is 8.49. The normalized spacial score (nSPS) is 14.8. The Hall–Kier alpha value is -3.61. The lowest BCUT2D eigenvalue weighted by Crippen LogP contribution is -2.20. The first kappa shape index (κ1) is 20.3. The Morgan fingerprint density at radius 2 is 1.66 bits per heavy atom. The summed E-state index contributed by atoms with van der Waals surface area (Å²) in [5, 5.41) is 11.8. The highest BCUT2D eigenvalue weighted by molar-refractivity contribution is 6.31. The summed E-state index contributed by atoms with van der Waals surface area (Å²) in [7, 11) is 0. The van der Waals surface area contributed by atoms with Gasteiger partial charge in [-0.2, -0.15) is 4.98 Å². The highest BCUT2D eigenvalue weighted by Gasteiger charge is 2.27. The van der Waals surface area contributed by atoms with E-state index in [-0.39, 0.29) is 17.9 Å². The van der Waals surface area contributed by atoms with Crippen LogP contribution in [0.4, 0.5) is 11.9 Å². The maximum absolute atomic E-state index is 12.6. The molecule has 0 bridgehead atoms. The molecule has 1 aliphatic heterocycles. The molecule has 158 valence electrons. The predicted octanol–water partition coefficient (Wildman–Crippen LogP) is 5.89. The number of nitrogens with one attached hydrogen (secondary N) is 2. The Balaban J connectivity index is 1.52. The van der Waals surface area contributed by atoms with Crippen LogP contribution in [0.2, 0.25) is 10.0 Å². The molecule has 6 nitrogen and oxygen atoms in total. The molecule has 1 atom stereocenters. The first-order valence-corrected chi connectivity index (χ1v) is 10.7. The monoisotopic (exact) mass is 461 g/mol. The number of nitrogens with zero attached hydrogens (tertiary/aromatic N) is 3. The van der Waals surface area contributed by atoms with Gasteiger partial charge in [0.05, 0.1) is 0 Å². The van der Waals surface area contributed by atoms with Gasteiger partial charge in [0.15, 0.2) is 0 Å². The number of carbonyl (C=O) groups excluding carboxylic acids is 1. The van der Waals surface area contributed by atoms with Gasteiger partial charge < -0.3 is 5.32 Å². The number of fused-ring (bicyclic) bond motifs is 1. The van der Waals surface area contributed by atoms with Gasteiger partial charge in [-0.1, -0.05) is 71.7 Å². The van der Waals surface area contributed by atoms with Crippen LogP contribution in [-0.2, 0) is 0 Å². The minimum Gasteiger partial charge on any atom is -0.324 e. The molecule has 1 aliphatic rings. The highest BCUT2D eigenvalue weighted by Crippen LogP contribution is 2.35. The van der Waals surface area contributed by atoms with E-state index in [1.165, 1.54) is 0 Å². The van der Waals surface area contributed by atoms with Crippen molar-refractivity contribution in [3.8, 4) is 0 Å². The number of benzene rings is 3. The van der Waals surface area contributed by atoms with Gasteiger partial charge in [-0.05, 0) is 47.5 Å². The van der Waals surface area contributed by atoms with Gasteiger partial charge in [0.25, 0.3) is 11.9 Å². The second-order valence-corrected chi connectivity index (χ2v) is 8.05. The van der Waals surface area contributed by atoms with E-state index in [4.69, 9.17) is 23.2 Å². The second-order valence-electron chi connectivity index (χ2n) is 7.20. The molecule has 0 saturated carbocycles.